The van der Waals surface area contributed by atoms with Crippen LogP contribution >= 0.6 is 0 Å². The molecule has 0 aromatic heterocycles. The summed E-state index contributed by atoms with van der Waals surface area (Å²) < 4.78 is 17.0. The molecular weight excluding hydrogens is 973 g/mol. The first-order chi connectivity index (χ1) is 39.0. The molecule has 0 amide bonds. The Kier molecular flexibility index (Phi) is 63.7. The summed E-state index contributed by atoms with van der Waals surface area (Å²) in [5.41, 5.74) is 0. The van der Waals surface area contributed by atoms with Crippen molar-refractivity contribution in [2.24, 2.45) is 0 Å². The normalized spacial score (nSPS) is 12.7. The summed E-state index contributed by atoms with van der Waals surface area (Å²) in [6.07, 6.45) is 89.9. The third kappa shape index (κ3) is 65.0. The van der Waals surface area contributed by atoms with Crippen LogP contribution in [0.3, 0.4) is 0 Å². The minimum absolute atomic E-state index is 0.0873. The summed E-state index contributed by atoms with van der Waals surface area (Å²) in [7, 11) is 0. The van der Waals surface area contributed by atoms with Gasteiger partial charge in [-0.2, -0.15) is 0 Å². The zero-order chi connectivity index (χ0) is 57.1. The minimum Gasteiger partial charge on any atom is -0.462 e. The van der Waals surface area contributed by atoms with Gasteiger partial charge in [-0.05, 0) is 103 Å². The van der Waals surface area contributed by atoms with E-state index in [1.165, 1.54) is 161 Å². The van der Waals surface area contributed by atoms with Gasteiger partial charge in [-0.3, -0.25) is 14.4 Å². The van der Waals surface area contributed by atoms with E-state index in [0.29, 0.717) is 19.3 Å². The molecule has 6 heteroatoms. The van der Waals surface area contributed by atoms with Crippen LogP contribution < -0.4 is 0 Å². The van der Waals surface area contributed by atoms with Crippen molar-refractivity contribution >= 4 is 17.9 Å². The fraction of sp³-hybridized carbons (Fsp3) is 0.740. The zero-order valence-corrected chi connectivity index (χ0v) is 52.1. The maximum Gasteiger partial charge on any atom is 0.306 e. The molecule has 0 heterocycles. The Bertz CT molecular complexity index is 1540. The van der Waals surface area contributed by atoms with Crippen molar-refractivity contribution in [1.82, 2.24) is 0 Å². The average molecular weight is 1100 g/mol. The highest BCUT2D eigenvalue weighted by atomic mass is 16.6. The van der Waals surface area contributed by atoms with E-state index in [0.717, 1.165) is 128 Å². The van der Waals surface area contributed by atoms with Gasteiger partial charge in [0.25, 0.3) is 0 Å². The quantitative estimate of drug-likeness (QED) is 0.0261. The summed E-state index contributed by atoms with van der Waals surface area (Å²) >= 11 is 0. The molecule has 0 aliphatic heterocycles. The number of rotatable bonds is 61. The summed E-state index contributed by atoms with van der Waals surface area (Å²) in [4.78, 5) is 38.4. The number of hydrogen-bond donors (Lipinski definition) is 0. The lowest BCUT2D eigenvalue weighted by atomic mass is 10.0. The maximum absolute atomic E-state index is 12.9. The summed E-state index contributed by atoms with van der Waals surface area (Å²) in [5.74, 6) is -0.899. The molecule has 0 N–H and O–H groups in total. The van der Waals surface area contributed by atoms with Crippen molar-refractivity contribution < 1.29 is 28.6 Å². The highest BCUT2D eigenvalue weighted by molar-refractivity contribution is 5.71. The van der Waals surface area contributed by atoms with Crippen LogP contribution in [-0.2, 0) is 28.6 Å². The van der Waals surface area contributed by atoms with Crippen LogP contribution in [0, 0.1) is 0 Å². The predicted octanol–water partition coefficient (Wildman–Crippen LogP) is 23.2. The van der Waals surface area contributed by atoms with Gasteiger partial charge in [0.1, 0.15) is 13.2 Å². The number of unbranched alkanes of at least 4 members (excludes halogenated alkanes) is 34. The van der Waals surface area contributed by atoms with Gasteiger partial charge in [-0.15, -0.1) is 0 Å². The van der Waals surface area contributed by atoms with E-state index >= 15 is 0 Å². The molecule has 1 unspecified atom stereocenters. The van der Waals surface area contributed by atoms with Gasteiger partial charge in [0.2, 0.25) is 0 Å². The molecular formula is C73H126O6. The van der Waals surface area contributed by atoms with E-state index in [1.807, 2.05) is 0 Å². The first-order valence-electron chi connectivity index (χ1n) is 33.7. The van der Waals surface area contributed by atoms with Gasteiger partial charge in [0.05, 0.1) is 0 Å². The molecule has 0 aromatic carbocycles. The number of esters is 3. The van der Waals surface area contributed by atoms with Crippen LogP contribution in [-0.4, -0.2) is 37.2 Å². The lowest BCUT2D eigenvalue weighted by Gasteiger charge is -2.18. The number of allylic oxidation sites excluding steroid dienone is 16. The largest absolute Gasteiger partial charge is 0.462 e. The summed E-state index contributed by atoms with van der Waals surface area (Å²) in [6, 6.07) is 0. The lowest BCUT2D eigenvalue weighted by Crippen LogP contribution is -2.30. The smallest absolute Gasteiger partial charge is 0.306 e. The highest BCUT2D eigenvalue weighted by Gasteiger charge is 2.19. The van der Waals surface area contributed by atoms with Crippen molar-refractivity contribution in [1.29, 1.82) is 0 Å². The lowest BCUT2D eigenvalue weighted by molar-refractivity contribution is -0.167. The van der Waals surface area contributed by atoms with E-state index in [-0.39, 0.29) is 31.1 Å². The molecule has 1 atom stereocenters. The molecule has 0 fully saturated rings. The van der Waals surface area contributed by atoms with E-state index in [2.05, 4.69) is 118 Å². The molecule has 454 valence electrons. The summed E-state index contributed by atoms with van der Waals surface area (Å²) in [5, 5.41) is 0. The highest BCUT2D eigenvalue weighted by Crippen LogP contribution is 2.17. The molecule has 0 aliphatic rings. The Labute approximate surface area is 489 Å². The van der Waals surface area contributed by atoms with E-state index in [4.69, 9.17) is 14.2 Å². The van der Waals surface area contributed by atoms with E-state index in [1.54, 1.807) is 0 Å². The number of carbonyl (C=O) groups excluding carboxylic acids is 3. The second kappa shape index (κ2) is 66.8. The van der Waals surface area contributed by atoms with E-state index < -0.39 is 6.10 Å². The van der Waals surface area contributed by atoms with Gasteiger partial charge in [-0.1, -0.05) is 304 Å². The van der Waals surface area contributed by atoms with Gasteiger partial charge in [-0.25, -0.2) is 0 Å². The molecule has 79 heavy (non-hydrogen) atoms. The third-order valence-corrected chi connectivity index (χ3v) is 14.6. The minimum atomic E-state index is -0.791. The maximum atomic E-state index is 12.9. The molecule has 0 spiro atoms. The Morgan fingerprint density at radius 2 is 0.494 bits per heavy atom. The van der Waals surface area contributed by atoms with Crippen molar-refractivity contribution in [2.45, 2.75) is 335 Å². The van der Waals surface area contributed by atoms with Crippen molar-refractivity contribution in [3.8, 4) is 0 Å². The van der Waals surface area contributed by atoms with Crippen LogP contribution in [0.4, 0.5) is 0 Å². The second-order valence-electron chi connectivity index (χ2n) is 22.4. The Morgan fingerprint density at radius 1 is 0.266 bits per heavy atom. The van der Waals surface area contributed by atoms with Gasteiger partial charge in [0, 0.05) is 19.3 Å². The van der Waals surface area contributed by atoms with Crippen LogP contribution in [0.1, 0.15) is 329 Å². The molecule has 0 saturated heterocycles. The monoisotopic (exact) mass is 1100 g/mol. The van der Waals surface area contributed by atoms with Crippen LogP contribution in [0.15, 0.2) is 97.2 Å². The third-order valence-electron chi connectivity index (χ3n) is 14.6. The Morgan fingerprint density at radius 3 is 0.797 bits per heavy atom. The standard InChI is InChI=1S/C73H126O6/c1-4-7-10-13-16-19-22-25-28-30-32-34-35-36-37-39-40-42-45-48-51-54-57-60-63-66-72(75)78-69-70(68-77-71(74)65-62-59-56-53-50-47-44-27-24-21-18-15-12-9-6-3)79-73(76)67-64-61-58-55-52-49-46-43-41-38-33-31-29-26-23-20-17-14-11-8-5-2/h7,10,16,18-19,21,25,27-28,32,34,36-37,40,42,44,70H,4-6,8-9,11-15,17,20,22-24,26,29-31,33,35,38-39,41,43,45-69H2,1-3H3/b10-7-,19-16-,21-18-,28-25-,34-32-,37-36-,42-40-,44-27-. The number of hydrogen-bond acceptors (Lipinski definition) is 6. The van der Waals surface area contributed by atoms with Crippen LogP contribution in [0.2, 0.25) is 0 Å². The van der Waals surface area contributed by atoms with Gasteiger partial charge in [0.15, 0.2) is 6.10 Å². The fourth-order valence-corrected chi connectivity index (χ4v) is 9.54. The van der Waals surface area contributed by atoms with Crippen molar-refractivity contribution in [3.05, 3.63) is 97.2 Å². The molecule has 0 rings (SSSR count). The topological polar surface area (TPSA) is 78.9 Å². The molecule has 0 aromatic rings. The first kappa shape index (κ1) is 75.3. The summed E-state index contributed by atoms with van der Waals surface area (Å²) in [6.45, 7) is 6.52. The van der Waals surface area contributed by atoms with Gasteiger partial charge >= 0.3 is 17.9 Å². The van der Waals surface area contributed by atoms with Crippen LogP contribution in [0.25, 0.3) is 0 Å². The van der Waals surface area contributed by atoms with Crippen molar-refractivity contribution in [2.75, 3.05) is 13.2 Å². The Balaban J connectivity index is 4.38. The Hall–Kier alpha value is -3.67. The molecule has 0 saturated carbocycles. The molecule has 0 radical (unpaired) electrons. The van der Waals surface area contributed by atoms with Crippen molar-refractivity contribution in [3.63, 3.8) is 0 Å². The fourth-order valence-electron chi connectivity index (χ4n) is 9.54. The number of carbonyl (C=O) groups is 3. The molecule has 6 nitrogen and oxygen atoms in total. The SMILES string of the molecule is CC/C=C\C/C=C\C/C=C\C/C=C\C/C=C\C/C=C\CCCCCCCCC(=O)OCC(COC(=O)CCCCCCC/C=C\C/C=C\CCCCC)OC(=O)CCCCCCCCCCCCCCCCCCCCCCC. The second-order valence-corrected chi connectivity index (χ2v) is 22.4. The zero-order valence-electron chi connectivity index (χ0n) is 52.1. The van der Waals surface area contributed by atoms with E-state index in [9.17, 15) is 14.4 Å². The van der Waals surface area contributed by atoms with Crippen LogP contribution in [0.5, 0.6) is 0 Å². The number of ether oxygens (including phenoxy) is 3. The molecule has 0 aliphatic carbocycles. The predicted molar refractivity (Wildman–Crippen MR) is 344 cm³/mol. The molecule has 0 bridgehead atoms. The first-order valence-corrected chi connectivity index (χ1v) is 33.7. The average Bonchev–Trinajstić information content (AvgIpc) is 3.45. The van der Waals surface area contributed by atoms with Gasteiger partial charge < -0.3 is 14.2 Å².